The molecule has 2 aromatic carbocycles. The molecule has 0 aliphatic rings. The van der Waals surface area contributed by atoms with Gasteiger partial charge in [-0.1, -0.05) is 42.5 Å². The maximum absolute atomic E-state index is 11.9. The van der Waals surface area contributed by atoms with Crippen molar-refractivity contribution >= 4 is 15.8 Å². The normalized spacial score (nSPS) is 11.4. The molecule has 0 spiro atoms. The Labute approximate surface area is 198 Å². The number of rotatable bonds is 6. The third-order valence-electron chi connectivity index (χ3n) is 4.77. The molecule has 0 saturated heterocycles. The van der Waals surface area contributed by atoms with E-state index in [0.29, 0.717) is 17.8 Å². The van der Waals surface area contributed by atoms with Crippen LogP contribution in [0.3, 0.4) is 0 Å². The van der Waals surface area contributed by atoms with Gasteiger partial charge in [0.1, 0.15) is 11.6 Å². The van der Waals surface area contributed by atoms with E-state index in [1.54, 1.807) is 48.7 Å². The summed E-state index contributed by atoms with van der Waals surface area (Å²) in [5, 5.41) is 9.02. The molecule has 0 amide bonds. The maximum Gasteiger partial charge on any atom is 0.230 e. The lowest BCUT2D eigenvalue weighted by atomic mass is 9.88. The monoisotopic (exact) mass is 474 g/mol. The third kappa shape index (κ3) is 7.80. The van der Waals surface area contributed by atoms with E-state index in [2.05, 4.69) is 20.8 Å². The van der Waals surface area contributed by atoms with E-state index < -0.39 is 10.0 Å². The minimum absolute atomic E-state index is 0.0209. The second-order valence-electron chi connectivity index (χ2n) is 7.46. The zero-order valence-electron chi connectivity index (χ0n) is 18.5. The zero-order valence-corrected chi connectivity index (χ0v) is 19.3. The molecule has 8 heteroatoms. The fourth-order valence-electron chi connectivity index (χ4n) is 3.26. The molecule has 0 fully saturated rings. The number of hydrogen-bond donors (Lipinski definition) is 1. The van der Waals surface area contributed by atoms with Crippen LogP contribution in [0.1, 0.15) is 28.3 Å². The van der Waals surface area contributed by atoms with E-state index in [1.807, 2.05) is 36.5 Å². The predicted molar refractivity (Wildman–Crippen MR) is 130 cm³/mol. The van der Waals surface area contributed by atoms with Crippen molar-refractivity contribution < 1.29 is 12.8 Å². The number of nitriles is 1. The number of nitrogens with zero attached hydrogens (tertiary/aromatic N) is 3. The van der Waals surface area contributed by atoms with Crippen molar-refractivity contribution in [2.75, 3.05) is 11.0 Å². The smallest absolute Gasteiger partial charge is 0.230 e. The molecule has 4 aromatic rings. The number of sulfonamides is 1. The van der Waals surface area contributed by atoms with Gasteiger partial charge in [-0.2, -0.15) is 5.26 Å². The highest BCUT2D eigenvalue weighted by atomic mass is 32.2. The molecular formula is C26H23FN4O2S. The summed E-state index contributed by atoms with van der Waals surface area (Å²) in [6.45, 7) is 0. The number of nitrogens with one attached hydrogen (secondary N) is 1. The van der Waals surface area contributed by atoms with Crippen LogP contribution in [0.15, 0.2) is 97.3 Å². The topological polar surface area (TPSA) is 95.7 Å². The van der Waals surface area contributed by atoms with Gasteiger partial charge in [-0.25, -0.2) is 17.8 Å². The van der Waals surface area contributed by atoms with Crippen molar-refractivity contribution in [3.63, 3.8) is 0 Å². The van der Waals surface area contributed by atoms with Gasteiger partial charge in [0.15, 0.2) is 0 Å². The molecule has 0 aliphatic carbocycles. The van der Waals surface area contributed by atoms with Crippen molar-refractivity contribution in [1.82, 2.24) is 9.97 Å². The van der Waals surface area contributed by atoms with Crippen LogP contribution >= 0.6 is 0 Å². The maximum atomic E-state index is 11.9. The van der Waals surface area contributed by atoms with Gasteiger partial charge in [0.2, 0.25) is 10.0 Å². The molecule has 1 unspecified atom stereocenters. The van der Waals surface area contributed by atoms with Gasteiger partial charge >= 0.3 is 0 Å². The molecule has 172 valence electrons. The molecule has 4 rings (SSSR count). The van der Waals surface area contributed by atoms with Crippen molar-refractivity contribution in [3.8, 4) is 6.07 Å². The van der Waals surface area contributed by atoms with Crippen LogP contribution in [0.4, 0.5) is 10.2 Å². The number of halogens is 1. The molecule has 2 heterocycles. The standard InChI is InChI=1S/C20H18N4O2S.C6H5F/c1-27(25,26)24-20-6-2-5-18(23-20)12-19(17-4-3-11-22-14-17)16-9-7-15(13-21)8-10-16;7-6-4-2-1-3-5-6/h2-11,14,19H,12H2,1H3,(H,23,24);1-5H. The molecule has 1 atom stereocenters. The van der Waals surface area contributed by atoms with Crippen LogP contribution in [-0.4, -0.2) is 24.6 Å². The number of hydrogen-bond acceptors (Lipinski definition) is 5. The first-order valence-electron chi connectivity index (χ1n) is 10.4. The Morgan fingerprint density at radius 3 is 2.24 bits per heavy atom. The number of pyridine rings is 2. The summed E-state index contributed by atoms with van der Waals surface area (Å²) in [5.41, 5.74) is 3.40. The Kier molecular flexibility index (Phi) is 8.43. The molecule has 0 radical (unpaired) electrons. The zero-order chi connectivity index (χ0) is 24.4. The Bertz CT molecular complexity index is 1340. The second-order valence-corrected chi connectivity index (χ2v) is 9.21. The average Bonchev–Trinajstić information content (AvgIpc) is 2.83. The molecule has 0 saturated carbocycles. The van der Waals surface area contributed by atoms with E-state index in [-0.39, 0.29) is 11.7 Å². The largest absolute Gasteiger partial charge is 0.268 e. The fourth-order valence-corrected chi connectivity index (χ4v) is 3.76. The Balaban J connectivity index is 0.000000396. The summed E-state index contributed by atoms with van der Waals surface area (Å²) < 4.78 is 37.2. The van der Waals surface area contributed by atoms with Crippen molar-refractivity contribution in [2.24, 2.45) is 0 Å². The average molecular weight is 475 g/mol. The first kappa shape index (κ1) is 24.6. The minimum atomic E-state index is -3.39. The quantitative estimate of drug-likeness (QED) is 0.428. The highest BCUT2D eigenvalue weighted by molar-refractivity contribution is 7.92. The summed E-state index contributed by atoms with van der Waals surface area (Å²) in [6.07, 6.45) is 5.18. The molecule has 6 nitrogen and oxygen atoms in total. The molecule has 1 N–H and O–H groups in total. The second kappa shape index (κ2) is 11.7. The Hall–Kier alpha value is -4.09. The Morgan fingerprint density at radius 1 is 0.941 bits per heavy atom. The molecule has 0 bridgehead atoms. The molecule has 2 aromatic heterocycles. The van der Waals surface area contributed by atoms with E-state index in [0.717, 1.165) is 23.1 Å². The summed E-state index contributed by atoms with van der Waals surface area (Å²) in [5.74, 6) is 0.0923. The van der Waals surface area contributed by atoms with E-state index in [1.165, 1.54) is 12.1 Å². The lowest BCUT2D eigenvalue weighted by Crippen LogP contribution is -2.12. The first-order valence-corrected chi connectivity index (χ1v) is 12.3. The molecule has 34 heavy (non-hydrogen) atoms. The van der Waals surface area contributed by atoms with Gasteiger partial charge in [0.25, 0.3) is 0 Å². The van der Waals surface area contributed by atoms with Crippen LogP contribution in [0.2, 0.25) is 0 Å². The van der Waals surface area contributed by atoms with Gasteiger partial charge < -0.3 is 0 Å². The van der Waals surface area contributed by atoms with Crippen molar-refractivity contribution in [3.05, 3.63) is 126 Å². The summed E-state index contributed by atoms with van der Waals surface area (Å²) in [7, 11) is -3.39. The van der Waals surface area contributed by atoms with Gasteiger partial charge in [-0.15, -0.1) is 0 Å². The Morgan fingerprint density at radius 2 is 1.68 bits per heavy atom. The van der Waals surface area contributed by atoms with Crippen LogP contribution in [0.25, 0.3) is 0 Å². The summed E-state index contributed by atoms with van der Waals surface area (Å²) in [4.78, 5) is 8.63. The van der Waals surface area contributed by atoms with Gasteiger partial charge in [0.05, 0.1) is 17.9 Å². The van der Waals surface area contributed by atoms with Crippen LogP contribution in [0, 0.1) is 17.1 Å². The van der Waals surface area contributed by atoms with E-state index >= 15 is 0 Å². The predicted octanol–water partition coefficient (Wildman–Crippen LogP) is 4.92. The van der Waals surface area contributed by atoms with Gasteiger partial charge in [-0.05, 0) is 53.6 Å². The van der Waals surface area contributed by atoms with Crippen LogP contribution in [0.5, 0.6) is 0 Å². The van der Waals surface area contributed by atoms with Crippen molar-refractivity contribution in [2.45, 2.75) is 12.3 Å². The lowest BCUT2D eigenvalue weighted by Gasteiger charge is -2.18. The van der Waals surface area contributed by atoms with E-state index in [4.69, 9.17) is 5.26 Å². The summed E-state index contributed by atoms with van der Waals surface area (Å²) >= 11 is 0. The van der Waals surface area contributed by atoms with Gasteiger partial charge in [0, 0.05) is 30.4 Å². The van der Waals surface area contributed by atoms with Gasteiger partial charge in [-0.3, -0.25) is 9.71 Å². The van der Waals surface area contributed by atoms with Crippen molar-refractivity contribution in [1.29, 1.82) is 5.26 Å². The third-order valence-corrected chi connectivity index (χ3v) is 5.35. The van der Waals surface area contributed by atoms with E-state index in [9.17, 15) is 12.8 Å². The SMILES string of the molecule is CS(=O)(=O)Nc1cccc(CC(c2ccc(C#N)cc2)c2cccnc2)n1.Fc1ccccc1. The molecular weight excluding hydrogens is 451 g/mol. The molecule has 0 aliphatic heterocycles. The van der Waals surface area contributed by atoms with Crippen LogP contribution < -0.4 is 4.72 Å². The minimum Gasteiger partial charge on any atom is -0.268 e. The summed E-state index contributed by atoms with van der Waals surface area (Å²) in [6, 6.07) is 26.6. The fraction of sp³-hybridized carbons (Fsp3) is 0.115. The first-order chi connectivity index (χ1) is 16.3. The highest BCUT2D eigenvalue weighted by Gasteiger charge is 2.17. The van der Waals surface area contributed by atoms with Crippen LogP contribution in [-0.2, 0) is 16.4 Å². The number of anilines is 1. The highest BCUT2D eigenvalue weighted by Crippen LogP contribution is 2.28. The number of benzene rings is 2. The lowest BCUT2D eigenvalue weighted by molar-refractivity contribution is 0.606. The number of aromatic nitrogens is 2.